The van der Waals surface area contributed by atoms with Crippen LogP contribution in [-0.4, -0.2) is 17.2 Å². The zero-order valence-corrected chi connectivity index (χ0v) is 13.4. The van der Waals surface area contributed by atoms with E-state index >= 15 is 0 Å². The van der Waals surface area contributed by atoms with Crippen LogP contribution in [0.2, 0.25) is 0 Å². The first-order chi connectivity index (χ1) is 7.83. The molecule has 0 spiro atoms. The van der Waals surface area contributed by atoms with Crippen molar-refractivity contribution in [2.24, 2.45) is 28.4 Å². The summed E-state index contributed by atoms with van der Waals surface area (Å²) in [6.45, 7) is 18.2. The summed E-state index contributed by atoms with van der Waals surface area (Å²) in [5, 5.41) is 0. The maximum absolute atomic E-state index is 6.65. The third-order valence-corrected chi connectivity index (χ3v) is 6.13. The molecule has 0 bridgehead atoms. The molecule has 2 rings (SSSR count). The molecule has 0 amide bonds. The van der Waals surface area contributed by atoms with Crippen molar-refractivity contribution in [2.45, 2.75) is 79.1 Å². The molecule has 2 N–H and O–H groups in total. The van der Waals surface area contributed by atoms with E-state index in [2.05, 4.69) is 55.4 Å². The Morgan fingerprint density at radius 2 is 1.39 bits per heavy atom. The van der Waals surface area contributed by atoms with Crippen molar-refractivity contribution in [3.63, 3.8) is 0 Å². The Balaban J connectivity index is 2.19. The standard InChI is InChI=1S/C16H31NO/c1-13(2)9-10(16(7,8)18-13)11(17)12-14(3,4)15(12,5)6/h10-12H,9,17H2,1-8H3. The van der Waals surface area contributed by atoms with Crippen LogP contribution in [0.5, 0.6) is 0 Å². The van der Waals surface area contributed by atoms with Crippen molar-refractivity contribution in [3.8, 4) is 0 Å². The fourth-order valence-electron chi connectivity index (χ4n) is 4.65. The molecule has 1 saturated heterocycles. The van der Waals surface area contributed by atoms with E-state index in [0.717, 1.165) is 6.42 Å². The highest BCUT2D eigenvalue weighted by Crippen LogP contribution is 2.70. The van der Waals surface area contributed by atoms with Crippen molar-refractivity contribution in [3.05, 3.63) is 0 Å². The van der Waals surface area contributed by atoms with Gasteiger partial charge in [-0.05, 0) is 50.9 Å². The summed E-state index contributed by atoms with van der Waals surface area (Å²) in [6, 6.07) is 0.242. The molecule has 18 heavy (non-hydrogen) atoms. The first-order valence-corrected chi connectivity index (χ1v) is 7.29. The fraction of sp³-hybridized carbons (Fsp3) is 1.00. The summed E-state index contributed by atoms with van der Waals surface area (Å²) >= 11 is 0. The zero-order valence-electron chi connectivity index (χ0n) is 13.4. The second kappa shape index (κ2) is 3.52. The Morgan fingerprint density at radius 3 is 1.67 bits per heavy atom. The molecule has 1 heterocycles. The molecule has 2 nitrogen and oxygen atoms in total. The Hall–Kier alpha value is -0.0800. The van der Waals surface area contributed by atoms with Gasteiger partial charge in [-0.3, -0.25) is 0 Å². The Labute approximate surface area is 113 Å². The van der Waals surface area contributed by atoms with E-state index in [9.17, 15) is 0 Å². The number of ether oxygens (including phenoxy) is 1. The SMILES string of the molecule is CC1(C)CC(C(N)C2C(C)(C)C2(C)C)C(C)(C)O1. The Kier molecular flexibility index (Phi) is 2.80. The number of nitrogens with two attached hydrogens (primary N) is 1. The first kappa shape index (κ1) is 14.3. The lowest BCUT2D eigenvalue weighted by Crippen LogP contribution is -2.43. The van der Waals surface area contributed by atoms with E-state index in [1.54, 1.807) is 0 Å². The van der Waals surface area contributed by atoms with E-state index < -0.39 is 0 Å². The predicted octanol–water partition coefficient (Wildman–Crippen LogP) is 3.59. The summed E-state index contributed by atoms with van der Waals surface area (Å²) in [7, 11) is 0. The number of hydrogen-bond donors (Lipinski definition) is 1. The molecule has 0 radical (unpaired) electrons. The average Bonchev–Trinajstić information content (AvgIpc) is 2.39. The maximum Gasteiger partial charge on any atom is 0.0677 e. The van der Waals surface area contributed by atoms with Crippen molar-refractivity contribution in [1.29, 1.82) is 0 Å². The Bertz CT molecular complexity index is 340. The summed E-state index contributed by atoms with van der Waals surface area (Å²) in [6.07, 6.45) is 1.07. The van der Waals surface area contributed by atoms with Gasteiger partial charge in [0.05, 0.1) is 11.2 Å². The van der Waals surface area contributed by atoms with Crippen molar-refractivity contribution in [2.75, 3.05) is 0 Å². The lowest BCUT2D eigenvalue weighted by atomic mass is 9.78. The predicted molar refractivity (Wildman–Crippen MR) is 76.4 cm³/mol. The molecule has 2 atom stereocenters. The van der Waals surface area contributed by atoms with Crippen LogP contribution in [0.3, 0.4) is 0 Å². The molecular weight excluding hydrogens is 222 g/mol. The van der Waals surface area contributed by atoms with Crippen LogP contribution in [0, 0.1) is 22.7 Å². The van der Waals surface area contributed by atoms with Crippen molar-refractivity contribution < 1.29 is 4.74 Å². The topological polar surface area (TPSA) is 35.2 Å². The van der Waals surface area contributed by atoms with Gasteiger partial charge >= 0.3 is 0 Å². The van der Waals surface area contributed by atoms with Crippen LogP contribution < -0.4 is 5.73 Å². The molecule has 1 aliphatic carbocycles. The largest absolute Gasteiger partial charge is 0.369 e. The molecule has 0 aromatic rings. The molecule has 0 aromatic heterocycles. The van der Waals surface area contributed by atoms with E-state index in [1.165, 1.54) is 0 Å². The summed E-state index contributed by atoms with van der Waals surface area (Å²) in [5.74, 6) is 1.06. The Morgan fingerprint density at radius 1 is 0.944 bits per heavy atom. The summed E-state index contributed by atoms with van der Waals surface area (Å²) in [4.78, 5) is 0. The van der Waals surface area contributed by atoms with Gasteiger partial charge in [-0.1, -0.05) is 27.7 Å². The van der Waals surface area contributed by atoms with Crippen LogP contribution in [0.4, 0.5) is 0 Å². The highest BCUT2D eigenvalue weighted by molar-refractivity contribution is 5.18. The van der Waals surface area contributed by atoms with Crippen molar-refractivity contribution in [1.82, 2.24) is 0 Å². The molecule has 1 saturated carbocycles. The minimum absolute atomic E-state index is 0.0328. The summed E-state index contributed by atoms with van der Waals surface area (Å²) < 4.78 is 6.20. The molecule has 2 heteroatoms. The van der Waals surface area contributed by atoms with Gasteiger partial charge in [0.2, 0.25) is 0 Å². The third-order valence-electron chi connectivity index (χ3n) is 6.13. The average molecular weight is 253 g/mol. The first-order valence-electron chi connectivity index (χ1n) is 7.29. The van der Waals surface area contributed by atoms with Gasteiger partial charge in [-0.15, -0.1) is 0 Å². The van der Waals surface area contributed by atoms with Crippen LogP contribution >= 0.6 is 0 Å². The van der Waals surface area contributed by atoms with Gasteiger partial charge < -0.3 is 10.5 Å². The van der Waals surface area contributed by atoms with E-state index in [1.807, 2.05) is 0 Å². The van der Waals surface area contributed by atoms with Crippen LogP contribution in [0.25, 0.3) is 0 Å². The van der Waals surface area contributed by atoms with Gasteiger partial charge in [0.15, 0.2) is 0 Å². The number of hydrogen-bond acceptors (Lipinski definition) is 2. The van der Waals surface area contributed by atoms with E-state index in [-0.39, 0.29) is 17.2 Å². The third kappa shape index (κ3) is 1.84. The van der Waals surface area contributed by atoms with Gasteiger partial charge in [-0.2, -0.15) is 0 Å². The highest BCUT2D eigenvalue weighted by Gasteiger charge is 2.68. The quantitative estimate of drug-likeness (QED) is 0.816. The fourth-order valence-corrected chi connectivity index (χ4v) is 4.65. The molecule has 1 aliphatic heterocycles. The molecular formula is C16H31NO. The minimum Gasteiger partial charge on any atom is -0.369 e. The van der Waals surface area contributed by atoms with Gasteiger partial charge in [0, 0.05) is 12.0 Å². The number of rotatable bonds is 2. The van der Waals surface area contributed by atoms with Gasteiger partial charge in [0.1, 0.15) is 0 Å². The van der Waals surface area contributed by atoms with Crippen LogP contribution in [-0.2, 0) is 4.74 Å². The molecule has 0 aromatic carbocycles. The minimum atomic E-state index is -0.0995. The normalized spacial score (nSPS) is 37.5. The molecule has 106 valence electrons. The van der Waals surface area contributed by atoms with Crippen molar-refractivity contribution >= 4 is 0 Å². The zero-order chi connectivity index (χ0) is 14.1. The second-order valence-electron chi connectivity index (χ2n) is 8.77. The highest BCUT2D eigenvalue weighted by atomic mass is 16.5. The monoisotopic (exact) mass is 253 g/mol. The molecule has 2 unspecified atom stereocenters. The maximum atomic E-state index is 6.65. The van der Waals surface area contributed by atoms with Crippen LogP contribution in [0.15, 0.2) is 0 Å². The lowest BCUT2D eigenvalue weighted by molar-refractivity contribution is -0.0776. The smallest absolute Gasteiger partial charge is 0.0677 e. The summed E-state index contributed by atoms with van der Waals surface area (Å²) in [5.41, 5.74) is 7.23. The van der Waals surface area contributed by atoms with E-state index in [0.29, 0.717) is 22.7 Å². The lowest BCUT2D eigenvalue weighted by Gasteiger charge is -2.32. The second-order valence-corrected chi connectivity index (χ2v) is 8.77. The molecule has 2 aliphatic rings. The van der Waals surface area contributed by atoms with Gasteiger partial charge in [0.25, 0.3) is 0 Å². The molecule has 2 fully saturated rings. The van der Waals surface area contributed by atoms with E-state index in [4.69, 9.17) is 10.5 Å². The van der Waals surface area contributed by atoms with Crippen LogP contribution in [0.1, 0.15) is 61.8 Å². The van der Waals surface area contributed by atoms with Gasteiger partial charge in [-0.25, -0.2) is 0 Å².